The molecule has 0 aliphatic carbocycles. The van der Waals surface area contributed by atoms with Crippen molar-refractivity contribution >= 4 is 33.7 Å². The van der Waals surface area contributed by atoms with Crippen molar-refractivity contribution in [3.63, 3.8) is 0 Å². The SMILES string of the molecule is CCn1nc(NC(=O)COC)c2cc3ccc(C)cc3nc21. The van der Waals surface area contributed by atoms with E-state index in [0.717, 1.165) is 27.5 Å². The van der Waals surface area contributed by atoms with Gasteiger partial charge < -0.3 is 10.1 Å². The van der Waals surface area contributed by atoms with E-state index in [1.165, 1.54) is 7.11 Å². The molecule has 0 aliphatic rings. The van der Waals surface area contributed by atoms with Gasteiger partial charge in [0.2, 0.25) is 0 Å². The zero-order valence-electron chi connectivity index (χ0n) is 12.9. The number of benzene rings is 1. The first kappa shape index (κ1) is 14.5. The molecule has 2 heterocycles. The maximum absolute atomic E-state index is 11.8. The van der Waals surface area contributed by atoms with Crippen molar-refractivity contribution in [2.24, 2.45) is 0 Å². The summed E-state index contributed by atoms with van der Waals surface area (Å²) in [4.78, 5) is 16.5. The van der Waals surface area contributed by atoms with Gasteiger partial charge in [0.15, 0.2) is 11.5 Å². The highest BCUT2D eigenvalue weighted by atomic mass is 16.5. The standard InChI is InChI=1S/C16H18N4O2/c1-4-20-16-12(15(19-20)18-14(21)9-22-3)8-11-6-5-10(2)7-13(11)17-16/h5-8H,4,9H2,1-3H3,(H,18,19,21). The Kier molecular flexibility index (Phi) is 3.77. The van der Waals surface area contributed by atoms with Crippen LogP contribution >= 0.6 is 0 Å². The van der Waals surface area contributed by atoms with Gasteiger partial charge in [-0.25, -0.2) is 9.67 Å². The first-order chi connectivity index (χ1) is 10.6. The molecule has 2 aromatic heterocycles. The Balaban J connectivity index is 2.17. The molecule has 0 unspecified atom stereocenters. The van der Waals surface area contributed by atoms with Gasteiger partial charge in [0.05, 0.1) is 10.9 Å². The monoisotopic (exact) mass is 298 g/mol. The van der Waals surface area contributed by atoms with Gasteiger partial charge in [0.1, 0.15) is 6.61 Å². The summed E-state index contributed by atoms with van der Waals surface area (Å²) in [7, 11) is 1.49. The maximum atomic E-state index is 11.8. The number of nitrogens with one attached hydrogen (secondary N) is 1. The average Bonchev–Trinajstić information content (AvgIpc) is 2.82. The molecule has 114 valence electrons. The third-order valence-corrected chi connectivity index (χ3v) is 3.51. The molecule has 1 amide bonds. The largest absolute Gasteiger partial charge is 0.375 e. The lowest BCUT2D eigenvalue weighted by Crippen LogP contribution is -2.17. The van der Waals surface area contributed by atoms with E-state index >= 15 is 0 Å². The summed E-state index contributed by atoms with van der Waals surface area (Å²) in [5.74, 6) is 0.294. The fourth-order valence-electron chi connectivity index (χ4n) is 2.47. The second kappa shape index (κ2) is 5.73. The van der Waals surface area contributed by atoms with E-state index in [0.29, 0.717) is 12.4 Å². The zero-order chi connectivity index (χ0) is 15.7. The van der Waals surface area contributed by atoms with E-state index in [1.807, 2.05) is 38.1 Å². The van der Waals surface area contributed by atoms with Crippen LogP contribution in [0.25, 0.3) is 21.9 Å². The van der Waals surface area contributed by atoms with E-state index in [-0.39, 0.29) is 12.5 Å². The Hall–Kier alpha value is -2.47. The average molecular weight is 298 g/mol. The predicted octanol–water partition coefficient (Wildman–Crippen LogP) is 2.50. The van der Waals surface area contributed by atoms with Crippen LogP contribution in [0.2, 0.25) is 0 Å². The number of carbonyl (C=O) groups is 1. The molecule has 0 radical (unpaired) electrons. The fourth-order valence-corrected chi connectivity index (χ4v) is 2.47. The fraction of sp³-hybridized carbons (Fsp3) is 0.312. The number of aromatic nitrogens is 3. The number of amides is 1. The Bertz CT molecular complexity index is 854. The van der Waals surface area contributed by atoms with E-state index < -0.39 is 0 Å². The van der Waals surface area contributed by atoms with Crippen LogP contribution in [-0.2, 0) is 16.1 Å². The summed E-state index contributed by atoms with van der Waals surface area (Å²) in [6, 6.07) is 8.13. The number of ether oxygens (including phenoxy) is 1. The summed E-state index contributed by atoms with van der Waals surface area (Å²) in [5, 5.41) is 9.08. The van der Waals surface area contributed by atoms with Crippen LogP contribution < -0.4 is 5.32 Å². The smallest absolute Gasteiger partial charge is 0.251 e. The Labute approximate surface area is 128 Å². The summed E-state index contributed by atoms with van der Waals surface area (Å²) in [6.07, 6.45) is 0. The summed E-state index contributed by atoms with van der Waals surface area (Å²) in [6.45, 7) is 4.72. The van der Waals surface area contributed by atoms with Crippen LogP contribution in [0.15, 0.2) is 24.3 Å². The van der Waals surface area contributed by atoms with Crippen molar-refractivity contribution in [3.8, 4) is 0 Å². The quantitative estimate of drug-likeness (QED) is 0.803. The van der Waals surface area contributed by atoms with Gasteiger partial charge in [-0.1, -0.05) is 12.1 Å². The second-order valence-corrected chi connectivity index (χ2v) is 5.20. The van der Waals surface area contributed by atoms with Crippen molar-refractivity contribution in [2.45, 2.75) is 20.4 Å². The summed E-state index contributed by atoms with van der Waals surface area (Å²) < 4.78 is 6.63. The third-order valence-electron chi connectivity index (χ3n) is 3.51. The van der Waals surface area contributed by atoms with Gasteiger partial charge >= 0.3 is 0 Å². The molecule has 0 saturated carbocycles. The lowest BCUT2D eigenvalue weighted by molar-refractivity contribution is -0.119. The predicted molar refractivity (Wildman–Crippen MR) is 86.0 cm³/mol. The minimum atomic E-state index is -0.228. The molecule has 6 nitrogen and oxygen atoms in total. The van der Waals surface area contributed by atoms with Gasteiger partial charge in [0, 0.05) is 19.0 Å². The number of hydrogen-bond acceptors (Lipinski definition) is 4. The van der Waals surface area contributed by atoms with Gasteiger partial charge in [-0.2, -0.15) is 5.10 Å². The van der Waals surface area contributed by atoms with E-state index in [4.69, 9.17) is 9.72 Å². The zero-order valence-corrected chi connectivity index (χ0v) is 12.9. The Morgan fingerprint density at radius 2 is 2.18 bits per heavy atom. The Morgan fingerprint density at radius 3 is 2.91 bits per heavy atom. The first-order valence-electron chi connectivity index (χ1n) is 7.19. The normalized spacial score (nSPS) is 11.2. The van der Waals surface area contributed by atoms with Crippen molar-refractivity contribution in [1.29, 1.82) is 0 Å². The van der Waals surface area contributed by atoms with Crippen LogP contribution in [0.1, 0.15) is 12.5 Å². The molecule has 0 spiro atoms. The van der Waals surface area contributed by atoms with Crippen LogP contribution in [0.4, 0.5) is 5.82 Å². The summed E-state index contributed by atoms with van der Waals surface area (Å²) >= 11 is 0. The number of pyridine rings is 1. The number of nitrogens with zero attached hydrogens (tertiary/aromatic N) is 3. The van der Waals surface area contributed by atoms with Crippen molar-refractivity contribution in [2.75, 3.05) is 19.0 Å². The van der Waals surface area contributed by atoms with Crippen LogP contribution in [0.5, 0.6) is 0 Å². The first-order valence-corrected chi connectivity index (χ1v) is 7.19. The molecule has 0 aliphatic heterocycles. The molecule has 0 atom stereocenters. The third kappa shape index (κ3) is 2.53. The number of fused-ring (bicyclic) bond motifs is 2. The molecule has 22 heavy (non-hydrogen) atoms. The minimum Gasteiger partial charge on any atom is -0.375 e. The number of anilines is 1. The molecule has 1 aromatic carbocycles. The molecular formula is C16H18N4O2. The summed E-state index contributed by atoms with van der Waals surface area (Å²) in [5.41, 5.74) is 2.86. The van der Waals surface area contributed by atoms with Crippen LogP contribution in [0.3, 0.4) is 0 Å². The molecule has 6 heteroatoms. The van der Waals surface area contributed by atoms with E-state index in [9.17, 15) is 4.79 Å². The highest BCUT2D eigenvalue weighted by Gasteiger charge is 2.14. The number of carbonyl (C=O) groups excluding carboxylic acids is 1. The molecule has 0 bridgehead atoms. The van der Waals surface area contributed by atoms with E-state index in [1.54, 1.807) is 4.68 Å². The lowest BCUT2D eigenvalue weighted by atomic mass is 10.1. The number of aryl methyl sites for hydroxylation is 2. The topological polar surface area (TPSA) is 69.0 Å². The molecule has 3 aromatic rings. The van der Waals surface area contributed by atoms with Crippen molar-refractivity contribution < 1.29 is 9.53 Å². The lowest BCUT2D eigenvalue weighted by Gasteiger charge is -2.02. The Morgan fingerprint density at radius 1 is 1.36 bits per heavy atom. The van der Waals surface area contributed by atoms with Gasteiger partial charge in [-0.15, -0.1) is 0 Å². The highest BCUT2D eigenvalue weighted by molar-refractivity contribution is 6.03. The molecule has 0 saturated heterocycles. The van der Waals surface area contributed by atoms with Crippen molar-refractivity contribution in [1.82, 2.24) is 14.8 Å². The number of rotatable bonds is 4. The minimum absolute atomic E-state index is 0.000677. The van der Waals surface area contributed by atoms with Gasteiger partial charge in [0.25, 0.3) is 5.91 Å². The van der Waals surface area contributed by atoms with Crippen molar-refractivity contribution in [3.05, 3.63) is 29.8 Å². The molecular weight excluding hydrogens is 280 g/mol. The van der Waals surface area contributed by atoms with Crippen LogP contribution in [0, 0.1) is 6.92 Å². The highest BCUT2D eigenvalue weighted by Crippen LogP contribution is 2.26. The number of methoxy groups -OCH3 is 1. The second-order valence-electron chi connectivity index (χ2n) is 5.20. The van der Waals surface area contributed by atoms with Gasteiger partial charge in [-0.05, 0) is 31.5 Å². The van der Waals surface area contributed by atoms with Gasteiger partial charge in [-0.3, -0.25) is 4.79 Å². The van der Waals surface area contributed by atoms with Crippen LogP contribution in [-0.4, -0.2) is 34.4 Å². The van der Waals surface area contributed by atoms with E-state index in [2.05, 4.69) is 10.4 Å². The molecule has 0 fully saturated rings. The number of hydrogen-bond donors (Lipinski definition) is 1. The molecule has 1 N–H and O–H groups in total. The molecule has 3 rings (SSSR count). The maximum Gasteiger partial charge on any atom is 0.251 e.